The molecule has 0 bridgehead atoms. The summed E-state index contributed by atoms with van der Waals surface area (Å²) in [5, 5.41) is 28.8. The number of benzene rings is 1. The molecule has 0 unspecified atom stereocenters. The van der Waals surface area contributed by atoms with E-state index in [9.17, 15) is 14.9 Å². The fraction of sp³-hybridized carbons (Fsp3) is 0.375. The average Bonchev–Trinajstić information content (AvgIpc) is 2.64. The summed E-state index contributed by atoms with van der Waals surface area (Å²) in [5.41, 5.74) is -0.0561. The Labute approximate surface area is 155 Å². The van der Waals surface area contributed by atoms with Crippen molar-refractivity contribution in [2.45, 2.75) is 0 Å². The first-order chi connectivity index (χ1) is 12.5. The SMILES string of the molecule is N#C/C(=C/Nc1cc([N+](=O)[O-])ccc1Cl)C(=O)NCCN1CCNCC1. The molecule has 1 aliphatic heterocycles. The standard InChI is InChI=1S/C16H19ClN6O3/c17-14-2-1-13(23(25)26)9-15(14)21-11-12(10-18)16(24)20-5-8-22-6-3-19-4-7-22/h1-2,9,11,19,21H,3-8H2,(H,20,24)/b12-11-. The Morgan fingerprint density at radius 2 is 2.19 bits per heavy atom. The maximum Gasteiger partial charge on any atom is 0.271 e. The highest BCUT2D eigenvalue weighted by molar-refractivity contribution is 6.33. The van der Waals surface area contributed by atoms with Crippen LogP contribution in [0.1, 0.15) is 0 Å². The third kappa shape index (κ3) is 5.70. The largest absolute Gasteiger partial charge is 0.359 e. The van der Waals surface area contributed by atoms with Crippen molar-refractivity contribution >= 4 is 28.9 Å². The minimum absolute atomic E-state index is 0.145. The lowest BCUT2D eigenvalue weighted by atomic mass is 10.2. The van der Waals surface area contributed by atoms with Crippen LogP contribution in [0.15, 0.2) is 30.0 Å². The minimum atomic E-state index is -0.556. The summed E-state index contributed by atoms with van der Waals surface area (Å²) in [6.45, 7) is 4.81. The van der Waals surface area contributed by atoms with Gasteiger partial charge in [0.2, 0.25) is 0 Å². The van der Waals surface area contributed by atoms with Gasteiger partial charge in [-0.15, -0.1) is 0 Å². The molecule has 0 saturated carbocycles. The number of piperazine rings is 1. The number of carbonyl (C=O) groups excluding carboxylic acids is 1. The molecule has 9 nitrogen and oxygen atoms in total. The van der Waals surface area contributed by atoms with E-state index in [2.05, 4.69) is 20.9 Å². The van der Waals surface area contributed by atoms with Gasteiger partial charge in [-0.05, 0) is 6.07 Å². The van der Waals surface area contributed by atoms with Crippen LogP contribution in [0.5, 0.6) is 0 Å². The summed E-state index contributed by atoms with van der Waals surface area (Å²) >= 11 is 5.97. The molecule has 1 amide bonds. The molecule has 1 aromatic rings. The number of nitrogens with zero attached hydrogens (tertiary/aromatic N) is 3. The van der Waals surface area contributed by atoms with E-state index in [1.165, 1.54) is 24.4 Å². The van der Waals surface area contributed by atoms with Gasteiger partial charge in [0.05, 0.1) is 15.6 Å². The van der Waals surface area contributed by atoms with Crippen molar-refractivity contribution in [2.24, 2.45) is 0 Å². The normalized spacial score (nSPS) is 15.2. The van der Waals surface area contributed by atoms with Crippen LogP contribution >= 0.6 is 11.6 Å². The number of nitro benzene ring substituents is 1. The highest BCUT2D eigenvalue weighted by atomic mass is 35.5. The Balaban J connectivity index is 1.92. The maximum atomic E-state index is 12.1. The van der Waals surface area contributed by atoms with E-state index in [4.69, 9.17) is 16.9 Å². The molecule has 0 spiro atoms. The smallest absolute Gasteiger partial charge is 0.271 e. The van der Waals surface area contributed by atoms with E-state index in [0.717, 1.165) is 26.2 Å². The summed E-state index contributed by atoms with van der Waals surface area (Å²) in [6.07, 6.45) is 1.19. The molecule has 3 N–H and O–H groups in total. The van der Waals surface area contributed by atoms with Gasteiger partial charge in [0.1, 0.15) is 11.6 Å². The number of rotatable bonds is 7. The van der Waals surface area contributed by atoms with Crippen molar-refractivity contribution in [3.8, 4) is 6.07 Å². The maximum absolute atomic E-state index is 12.1. The average molecular weight is 379 g/mol. The van der Waals surface area contributed by atoms with E-state index in [-0.39, 0.29) is 22.0 Å². The zero-order chi connectivity index (χ0) is 18.9. The number of nitriles is 1. The lowest BCUT2D eigenvalue weighted by molar-refractivity contribution is -0.384. The Morgan fingerprint density at radius 3 is 2.85 bits per heavy atom. The zero-order valence-electron chi connectivity index (χ0n) is 14.0. The number of non-ortho nitro benzene ring substituents is 1. The van der Waals surface area contributed by atoms with Crippen LogP contribution in [0.4, 0.5) is 11.4 Å². The van der Waals surface area contributed by atoms with Crippen LogP contribution in [-0.4, -0.2) is 55.0 Å². The highest BCUT2D eigenvalue weighted by Gasteiger charge is 2.13. The second kappa shape index (κ2) is 9.72. The molecular weight excluding hydrogens is 360 g/mol. The molecule has 138 valence electrons. The van der Waals surface area contributed by atoms with Crippen LogP contribution in [-0.2, 0) is 4.79 Å². The first kappa shape index (κ1) is 19.7. The van der Waals surface area contributed by atoms with Crippen LogP contribution in [0.3, 0.4) is 0 Å². The quantitative estimate of drug-likeness (QED) is 0.281. The fourth-order valence-electron chi connectivity index (χ4n) is 2.39. The van der Waals surface area contributed by atoms with Gasteiger partial charge < -0.3 is 16.0 Å². The Morgan fingerprint density at radius 1 is 1.46 bits per heavy atom. The monoisotopic (exact) mass is 378 g/mol. The molecule has 26 heavy (non-hydrogen) atoms. The van der Waals surface area contributed by atoms with Gasteiger partial charge in [-0.2, -0.15) is 5.26 Å². The summed E-state index contributed by atoms with van der Waals surface area (Å²) < 4.78 is 0. The summed E-state index contributed by atoms with van der Waals surface area (Å²) in [4.78, 5) is 24.6. The predicted octanol–water partition coefficient (Wildman–Crippen LogP) is 1.09. The van der Waals surface area contributed by atoms with E-state index < -0.39 is 10.8 Å². The molecule has 0 aromatic heterocycles. The van der Waals surface area contributed by atoms with Crippen molar-refractivity contribution < 1.29 is 9.72 Å². The van der Waals surface area contributed by atoms with Crippen molar-refractivity contribution in [1.29, 1.82) is 5.26 Å². The molecular formula is C16H19ClN6O3. The number of nitrogens with one attached hydrogen (secondary N) is 3. The molecule has 0 aliphatic carbocycles. The number of carbonyl (C=O) groups is 1. The van der Waals surface area contributed by atoms with Crippen LogP contribution in [0.2, 0.25) is 5.02 Å². The fourth-order valence-corrected chi connectivity index (χ4v) is 2.57. The number of anilines is 1. The van der Waals surface area contributed by atoms with Gasteiger partial charge >= 0.3 is 0 Å². The molecule has 2 rings (SSSR count). The van der Waals surface area contributed by atoms with Gasteiger partial charge in [0.15, 0.2) is 0 Å². The van der Waals surface area contributed by atoms with Gasteiger partial charge in [-0.25, -0.2) is 0 Å². The van der Waals surface area contributed by atoms with E-state index >= 15 is 0 Å². The number of hydrogen-bond acceptors (Lipinski definition) is 7. The lowest BCUT2D eigenvalue weighted by Gasteiger charge is -2.27. The van der Waals surface area contributed by atoms with Crippen molar-refractivity contribution in [3.05, 3.63) is 45.1 Å². The number of amides is 1. The first-order valence-electron chi connectivity index (χ1n) is 8.03. The minimum Gasteiger partial charge on any atom is -0.359 e. The second-order valence-electron chi connectivity index (χ2n) is 5.58. The van der Waals surface area contributed by atoms with Crippen LogP contribution in [0.25, 0.3) is 0 Å². The molecule has 10 heteroatoms. The Bertz CT molecular complexity index is 740. The molecule has 1 aliphatic rings. The topological polar surface area (TPSA) is 123 Å². The third-order valence-electron chi connectivity index (χ3n) is 3.82. The van der Waals surface area contributed by atoms with E-state index in [1.54, 1.807) is 6.07 Å². The Hall–Kier alpha value is -2.67. The number of halogens is 1. The summed E-state index contributed by atoms with van der Waals surface area (Å²) in [7, 11) is 0. The predicted molar refractivity (Wildman–Crippen MR) is 97.7 cm³/mol. The van der Waals surface area contributed by atoms with Crippen molar-refractivity contribution in [2.75, 3.05) is 44.6 Å². The van der Waals surface area contributed by atoms with Gasteiger partial charge in [-0.3, -0.25) is 19.8 Å². The van der Waals surface area contributed by atoms with Gasteiger partial charge in [-0.1, -0.05) is 11.6 Å². The van der Waals surface area contributed by atoms with E-state index in [1.807, 2.05) is 0 Å². The number of nitro groups is 1. The second-order valence-corrected chi connectivity index (χ2v) is 5.99. The van der Waals surface area contributed by atoms with Crippen LogP contribution in [0, 0.1) is 21.4 Å². The van der Waals surface area contributed by atoms with Gasteiger partial charge in [0, 0.05) is 57.6 Å². The number of hydrogen-bond donors (Lipinski definition) is 3. The molecule has 0 radical (unpaired) electrons. The zero-order valence-corrected chi connectivity index (χ0v) is 14.8. The highest BCUT2D eigenvalue weighted by Crippen LogP contribution is 2.26. The van der Waals surface area contributed by atoms with E-state index in [0.29, 0.717) is 13.1 Å². The summed E-state index contributed by atoms with van der Waals surface area (Å²) in [5.74, 6) is -0.517. The molecule has 1 fully saturated rings. The van der Waals surface area contributed by atoms with Crippen LogP contribution < -0.4 is 16.0 Å². The summed E-state index contributed by atoms with van der Waals surface area (Å²) in [6, 6.07) is 5.68. The molecule has 1 aromatic carbocycles. The van der Waals surface area contributed by atoms with Crippen molar-refractivity contribution in [3.63, 3.8) is 0 Å². The third-order valence-corrected chi connectivity index (χ3v) is 4.15. The molecule has 1 saturated heterocycles. The van der Waals surface area contributed by atoms with Crippen molar-refractivity contribution in [1.82, 2.24) is 15.5 Å². The lowest BCUT2D eigenvalue weighted by Crippen LogP contribution is -2.46. The Kier molecular flexibility index (Phi) is 7.35. The van der Waals surface area contributed by atoms with Gasteiger partial charge in [0.25, 0.3) is 11.6 Å². The molecule has 0 atom stereocenters. The molecule has 1 heterocycles. The first-order valence-corrected chi connectivity index (χ1v) is 8.41.